The second-order valence-electron chi connectivity index (χ2n) is 5.36. The van der Waals surface area contributed by atoms with Gasteiger partial charge in [-0.2, -0.15) is 5.10 Å². The van der Waals surface area contributed by atoms with E-state index in [1.807, 2.05) is 0 Å². The first kappa shape index (κ1) is 17.5. The molecule has 0 saturated carbocycles. The van der Waals surface area contributed by atoms with E-state index >= 15 is 0 Å². The SMILES string of the molecule is CC(C)c1[nH]nc(C(=O)NCCC2CCNC2)c1Br.Cl. The first-order valence-corrected chi connectivity index (χ1v) is 7.61. The van der Waals surface area contributed by atoms with Gasteiger partial charge >= 0.3 is 0 Å². The summed E-state index contributed by atoms with van der Waals surface area (Å²) in [5.74, 6) is 0.892. The Morgan fingerprint density at radius 3 is 2.85 bits per heavy atom. The number of carbonyl (C=O) groups excluding carboxylic acids is 1. The van der Waals surface area contributed by atoms with Crippen LogP contribution in [0.5, 0.6) is 0 Å². The standard InChI is InChI=1S/C13H21BrN4O.ClH/c1-8(2)11-10(14)12(18-17-11)13(19)16-6-4-9-3-5-15-7-9;/h8-9,15H,3-7H2,1-2H3,(H,16,19)(H,17,18);1H. The monoisotopic (exact) mass is 364 g/mol. The fourth-order valence-electron chi connectivity index (χ4n) is 2.31. The molecule has 2 heterocycles. The molecule has 7 heteroatoms. The smallest absolute Gasteiger partial charge is 0.272 e. The average molecular weight is 366 g/mol. The van der Waals surface area contributed by atoms with Crippen LogP contribution < -0.4 is 10.6 Å². The minimum Gasteiger partial charge on any atom is -0.351 e. The Balaban J connectivity index is 0.00000200. The number of hydrogen-bond donors (Lipinski definition) is 3. The molecule has 0 aromatic carbocycles. The van der Waals surface area contributed by atoms with Crippen molar-refractivity contribution in [2.45, 2.75) is 32.6 Å². The van der Waals surface area contributed by atoms with E-state index in [0.717, 1.165) is 29.7 Å². The third-order valence-corrected chi connectivity index (χ3v) is 4.33. The van der Waals surface area contributed by atoms with E-state index in [-0.39, 0.29) is 18.3 Å². The van der Waals surface area contributed by atoms with Gasteiger partial charge in [-0.3, -0.25) is 9.89 Å². The third-order valence-electron chi connectivity index (χ3n) is 3.53. The summed E-state index contributed by atoms with van der Waals surface area (Å²) < 4.78 is 0.780. The minimum absolute atomic E-state index is 0. The molecule has 3 N–H and O–H groups in total. The molecule has 1 amide bonds. The van der Waals surface area contributed by atoms with Crippen molar-refractivity contribution in [1.29, 1.82) is 0 Å². The van der Waals surface area contributed by atoms with Crippen molar-refractivity contribution in [3.63, 3.8) is 0 Å². The van der Waals surface area contributed by atoms with Gasteiger partial charge in [0, 0.05) is 6.54 Å². The van der Waals surface area contributed by atoms with Crippen LogP contribution in [0.25, 0.3) is 0 Å². The van der Waals surface area contributed by atoms with Crippen LogP contribution in [0.1, 0.15) is 48.8 Å². The first-order valence-electron chi connectivity index (χ1n) is 6.82. The van der Waals surface area contributed by atoms with E-state index in [4.69, 9.17) is 0 Å². The first-order chi connectivity index (χ1) is 9.09. The fraction of sp³-hybridized carbons (Fsp3) is 0.692. The summed E-state index contributed by atoms with van der Waals surface area (Å²) in [6.07, 6.45) is 2.23. The van der Waals surface area contributed by atoms with Crippen molar-refractivity contribution in [3.05, 3.63) is 15.9 Å². The summed E-state index contributed by atoms with van der Waals surface area (Å²) in [5.41, 5.74) is 1.42. The predicted octanol–water partition coefficient (Wildman–Crippen LogP) is 2.45. The Hall–Kier alpha value is -0.590. The van der Waals surface area contributed by atoms with Crippen LogP contribution >= 0.6 is 28.3 Å². The third kappa shape index (κ3) is 4.20. The Morgan fingerprint density at radius 2 is 2.30 bits per heavy atom. The lowest BCUT2D eigenvalue weighted by Crippen LogP contribution is -2.27. The highest BCUT2D eigenvalue weighted by molar-refractivity contribution is 9.10. The van der Waals surface area contributed by atoms with E-state index in [2.05, 4.69) is 50.6 Å². The molecule has 114 valence electrons. The Labute approximate surface area is 134 Å². The van der Waals surface area contributed by atoms with Crippen molar-refractivity contribution in [1.82, 2.24) is 20.8 Å². The Bertz CT molecular complexity index is 444. The van der Waals surface area contributed by atoms with E-state index in [0.29, 0.717) is 24.1 Å². The number of carbonyl (C=O) groups is 1. The molecule has 5 nitrogen and oxygen atoms in total. The molecule has 1 aliphatic heterocycles. The van der Waals surface area contributed by atoms with Gasteiger partial charge < -0.3 is 10.6 Å². The molecule has 1 aromatic heterocycles. The van der Waals surface area contributed by atoms with Crippen LogP contribution in [0, 0.1) is 5.92 Å². The highest BCUT2D eigenvalue weighted by atomic mass is 79.9. The van der Waals surface area contributed by atoms with Crippen molar-refractivity contribution in [2.24, 2.45) is 5.92 Å². The van der Waals surface area contributed by atoms with Crippen LogP contribution in [0.15, 0.2) is 4.47 Å². The molecule has 0 radical (unpaired) electrons. The lowest BCUT2D eigenvalue weighted by molar-refractivity contribution is 0.0946. The maximum absolute atomic E-state index is 12.0. The van der Waals surface area contributed by atoms with Gasteiger partial charge in [0.2, 0.25) is 0 Å². The van der Waals surface area contributed by atoms with E-state index in [1.165, 1.54) is 6.42 Å². The van der Waals surface area contributed by atoms with Gasteiger partial charge in [-0.15, -0.1) is 12.4 Å². The second-order valence-corrected chi connectivity index (χ2v) is 6.15. The molecule has 1 saturated heterocycles. The number of halogens is 2. The van der Waals surface area contributed by atoms with Gasteiger partial charge in [0.25, 0.3) is 5.91 Å². The van der Waals surface area contributed by atoms with Crippen LogP contribution in [-0.2, 0) is 0 Å². The van der Waals surface area contributed by atoms with Crippen molar-refractivity contribution < 1.29 is 4.79 Å². The maximum Gasteiger partial charge on any atom is 0.272 e. The van der Waals surface area contributed by atoms with Crippen LogP contribution in [0.2, 0.25) is 0 Å². The normalized spacial score (nSPS) is 18.1. The van der Waals surface area contributed by atoms with Crippen molar-refractivity contribution in [3.8, 4) is 0 Å². The number of aromatic amines is 1. The van der Waals surface area contributed by atoms with Gasteiger partial charge in [0.1, 0.15) is 0 Å². The fourth-order valence-corrected chi connectivity index (χ4v) is 3.12. The molecule has 0 aliphatic carbocycles. The molecule has 1 aliphatic rings. The molecule has 2 rings (SSSR count). The Morgan fingerprint density at radius 1 is 1.55 bits per heavy atom. The summed E-state index contributed by atoms with van der Waals surface area (Å²) in [4.78, 5) is 12.0. The van der Waals surface area contributed by atoms with E-state index in [1.54, 1.807) is 0 Å². The molecule has 1 aromatic rings. The lowest BCUT2D eigenvalue weighted by Gasteiger charge is -2.08. The van der Waals surface area contributed by atoms with Crippen LogP contribution in [-0.4, -0.2) is 35.7 Å². The average Bonchev–Trinajstić information content (AvgIpc) is 2.98. The number of nitrogens with zero attached hydrogens (tertiary/aromatic N) is 1. The molecular formula is C13H22BrClN4O. The van der Waals surface area contributed by atoms with Gasteiger partial charge in [-0.1, -0.05) is 13.8 Å². The van der Waals surface area contributed by atoms with Crippen molar-refractivity contribution >= 4 is 34.2 Å². The molecule has 0 spiro atoms. The zero-order valence-electron chi connectivity index (χ0n) is 11.8. The predicted molar refractivity (Wildman–Crippen MR) is 85.6 cm³/mol. The molecule has 1 unspecified atom stereocenters. The van der Waals surface area contributed by atoms with E-state index in [9.17, 15) is 4.79 Å². The highest BCUT2D eigenvalue weighted by Gasteiger charge is 2.19. The molecule has 20 heavy (non-hydrogen) atoms. The summed E-state index contributed by atoms with van der Waals surface area (Å²) in [6.45, 7) is 7.00. The van der Waals surface area contributed by atoms with Crippen LogP contribution in [0.4, 0.5) is 0 Å². The Kier molecular flexibility index (Phi) is 6.99. The second kappa shape index (κ2) is 8.00. The number of H-pyrrole nitrogens is 1. The summed E-state index contributed by atoms with van der Waals surface area (Å²) in [6, 6.07) is 0. The zero-order valence-corrected chi connectivity index (χ0v) is 14.2. The number of nitrogens with one attached hydrogen (secondary N) is 3. The molecule has 0 bridgehead atoms. The largest absolute Gasteiger partial charge is 0.351 e. The van der Waals surface area contributed by atoms with Crippen molar-refractivity contribution in [2.75, 3.05) is 19.6 Å². The number of aromatic nitrogens is 2. The quantitative estimate of drug-likeness (QED) is 0.750. The van der Waals surface area contributed by atoms with Gasteiger partial charge in [0.15, 0.2) is 5.69 Å². The lowest BCUT2D eigenvalue weighted by atomic mass is 10.1. The maximum atomic E-state index is 12.0. The number of amides is 1. The minimum atomic E-state index is -0.110. The molecule has 1 fully saturated rings. The molecular weight excluding hydrogens is 344 g/mol. The van der Waals surface area contributed by atoms with Gasteiger partial charge in [-0.25, -0.2) is 0 Å². The van der Waals surface area contributed by atoms with E-state index < -0.39 is 0 Å². The number of rotatable bonds is 5. The van der Waals surface area contributed by atoms with Gasteiger partial charge in [-0.05, 0) is 53.7 Å². The summed E-state index contributed by atoms with van der Waals surface area (Å²) >= 11 is 3.45. The zero-order chi connectivity index (χ0) is 13.8. The topological polar surface area (TPSA) is 69.8 Å². The summed E-state index contributed by atoms with van der Waals surface area (Å²) in [7, 11) is 0. The highest BCUT2D eigenvalue weighted by Crippen LogP contribution is 2.25. The van der Waals surface area contributed by atoms with Crippen LogP contribution in [0.3, 0.4) is 0 Å². The number of hydrogen-bond acceptors (Lipinski definition) is 3. The molecule has 1 atom stereocenters. The summed E-state index contributed by atoms with van der Waals surface area (Å²) in [5, 5.41) is 13.3. The van der Waals surface area contributed by atoms with Gasteiger partial charge in [0.05, 0.1) is 10.2 Å².